The number of aromatic nitrogens is 3. The van der Waals surface area contributed by atoms with Crippen molar-refractivity contribution in [2.45, 2.75) is 70.7 Å². The molecule has 5 rings (SSSR count). The average Bonchev–Trinajstić information content (AvgIpc) is 3.10. The Morgan fingerprint density at radius 1 is 0.968 bits per heavy atom. The molecule has 0 bridgehead atoms. The number of nitrogens with zero attached hydrogens (tertiary/aromatic N) is 4. The van der Waals surface area contributed by atoms with Gasteiger partial charge in [0.1, 0.15) is 11.6 Å². The van der Waals surface area contributed by atoms with E-state index in [9.17, 15) is 0 Å². The molecule has 2 aliphatic rings. The van der Waals surface area contributed by atoms with Crippen molar-refractivity contribution in [1.29, 1.82) is 0 Å². The second-order valence-corrected chi connectivity index (χ2v) is 9.42. The molecule has 0 amide bonds. The van der Waals surface area contributed by atoms with Crippen LogP contribution in [0.2, 0.25) is 5.02 Å². The van der Waals surface area contributed by atoms with Gasteiger partial charge in [0.05, 0.1) is 18.3 Å². The van der Waals surface area contributed by atoms with Crippen LogP contribution >= 0.6 is 11.6 Å². The number of hydrogen-bond acceptors (Lipinski definition) is 4. The van der Waals surface area contributed by atoms with Crippen LogP contribution in [0.4, 0.5) is 0 Å². The maximum atomic E-state index is 6.36. The van der Waals surface area contributed by atoms with Crippen LogP contribution in [0, 0.1) is 0 Å². The van der Waals surface area contributed by atoms with Gasteiger partial charge in [0, 0.05) is 23.5 Å². The van der Waals surface area contributed by atoms with Gasteiger partial charge >= 0.3 is 0 Å². The van der Waals surface area contributed by atoms with Crippen molar-refractivity contribution in [3.05, 3.63) is 70.8 Å². The molecule has 1 aliphatic carbocycles. The summed E-state index contributed by atoms with van der Waals surface area (Å²) in [5.41, 5.74) is 2.41. The third-order valence-corrected chi connectivity index (χ3v) is 6.81. The number of benzene rings is 2. The smallest absolute Gasteiger partial charge is 0.151 e. The second kappa shape index (κ2) is 8.64. The molecule has 0 atom stereocenters. The lowest BCUT2D eigenvalue weighted by atomic mass is 9.86. The Labute approximate surface area is 189 Å². The molecule has 0 unspecified atom stereocenters. The molecular weight excluding hydrogens is 408 g/mol. The quantitative estimate of drug-likeness (QED) is 0.522. The first kappa shape index (κ1) is 20.5. The maximum absolute atomic E-state index is 6.36. The van der Waals surface area contributed by atoms with Gasteiger partial charge in [-0.15, -0.1) is 10.2 Å². The summed E-state index contributed by atoms with van der Waals surface area (Å²) in [6.07, 6.45) is 4.47. The summed E-state index contributed by atoms with van der Waals surface area (Å²) in [7, 11) is 0. The predicted molar refractivity (Wildman–Crippen MR) is 123 cm³/mol. The molecule has 6 heteroatoms. The molecule has 162 valence electrons. The minimum Gasteiger partial charge on any atom is -0.490 e. The van der Waals surface area contributed by atoms with Crippen molar-refractivity contribution in [1.82, 2.24) is 19.7 Å². The topological polar surface area (TPSA) is 43.2 Å². The van der Waals surface area contributed by atoms with Crippen molar-refractivity contribution >= 4 is 11.6 Å². The first-order chi connectivity index (χ1) is 15.1. The molecule has 0 N–H and O–H groups in total. The number of ether oxygens (including phenoxy) is 1. The molecule has 1 fully saturated rings. The number of hydrogen-bond donors (Lipinski definition) is 0. The Morgan fingerprint density at radius 3 is 2.48 bits per heavy atom. The van der Waals surface area contributed by atoms with E-state index in [0.29, 0.717) is 12.0 Å². The van der Waals surface area contributed by atoms with Crippen molar-refractivity contribution in [2.24, 2.45) is 0 Å². The second-order valence-electron chi connectivity index (χ2n) is 8.99. The molecule has 0 spiro atoms. The molecule has 2 heterocycles. The molecule has 0 radical (unpaired) electrons. The zero-order chi connectivity index (χ0) is 21.4. The predicted octanol–water partition coefficient (Wildman–Crippen LogP) is 5.75. The lowest BCUT2D eigenvalue weighted by Crippen LogP contribution is -2.29. The Bertz CT molecular complexity index is 1040. The van der Waals surface area contributed by atoms with Gasteiger partial charge in [0.2, 0.25) is 0 Å². The third-order valence-electron chi connectivity index (χ3n) is 6.57. The van der Waals surface area contributed by atoms with Crippen molar-refractivity contribution in [3.63, 3.8) is 0 Å². The van der Waals surface area contributed by atoms with Crippen LogP contribution in [0.5, 0.6) is 5.75 Å². The fourth-order valence-electron chi connectivity index (χ4n) is 4.81. The molecule has 3 aromatic rings. The Balaban J connectivity index is 1.40. The highest BCUT2D eigenvalue weighted by Crippen LogP contribution is 2.37. The molecule has 31 heavy (non-hydrogen) atoms. The van der Waals surface area contributed by atoms with Gasteiger partial charge in [0.25, 0.3) is 0 Å². The minimum atomic E-state index is 0.271. The summed E-state index contributed by atoms with van der Waals surface area (Å²) in [5.74, 6) is 3.46. The van der Waals surface area contributed by atoms with Crippen molar-refractivity contribution in [2.75, 3.05) is 0 Å². The van der Waals surface area contributed by atoms with Crippen LogP contribution in [0.3, 0.4) is 0 Å². The lowest BCUT2D eigenvalue weighted by molar-refractivity contribution is 0.144. The van der Waals surface area contributed by atoms with E-state index in [1.165, 1.54) is 11.3 Å². The monoisotopic (exact) mass is 436 g/mol. The van der Waals surface area contributed by atoms with Gasteiger partial charge in [-0.05, 0) is 75.4 Å². The summed E-state index contributed by atoms with van der Waals surface area (Å²) in [6, 6.07) is 16.8. The van der Waals surface area contributed by atoms with Gasteiger partial charge in [-0.1, -0.05) is 29.8 Å². The summed E-state index contributed by atoms with van der Waals surface area (Å²) in [6.45, 7) is 6.12. The molecule has 2 aromatic carbocycles. The highest BCUT2D eigenvalue weighted by molar-refractivity contribution is 6.30. The first-order valence-corrected chi connectivity index (χ1v) is 11.6. The van der Waals surface area contributed by atoms with E-state index in [1.807, 2.05) is 36.4 Å². The largest absolute Gasteiger partial charge is 0.490 e. The van der Waals surface area contributed by atoms with Crippen LogP contribution in [0.1, 0.15) is 62.7 Å². The zero-order valence-corrected chi connectivity index (χ0v) is 18.9. The maximum Gasteiger partial charge on any atom is 0.151 e. The summed E-state index contributed by atoms with van der Waals surface area (Å²) in [4.78, 5) is 2.43. The van der Waals surface area contributed by atoms with E-state index in [2.05, 4.69) is 40.5 Å². The Hall–Kier alpha value is -2.37. The number of para-hydroxylation sites is 1. The van der Waals surface area contributed by atoms with Crippen molar-refractivity contribution < 1.29 is 4.74 Å². The fourth-order valence-corrected chi connectivity index (χ4v) is 5.01. The van der Waals surface area contributed by atoms with E-state index in [4.69, 9.17) is 21.4 Å². The summed E-state index contributed by atoms with van der Waals surface area (Å²) in [5, 5.41) is 10.1. The number of fused-ring (bicyclic) bond motifs is 3. The van der Waals surface area contributed by atoms with Crippen LogP contribution in [-0.2, 0) is 13.1 Å². The summed E-state index contributed by atoms with van der Waals surface area (Å²) >= 11 is 6.36. The molecule has 1 saturated carbocycles. The standard InChI is InChI=1S/C25H29ClN4O/c1-17(2)29-15-19-14-20(26)10-13-23(19)30-24(16-29)27-28-25(30)18-8-11-22(12-9-18)31-21-6-4-3-5-7-21/h3-7,10,13-14,17-18,22H,8-9,11-12,15-16H2,1-2H3. The molecule has 1 aliphatic heterocycles. The van der Waals surface area contributed by atoms with Crippen LogP contribution in [-0.4, -0.2) is 31.8 Å². The molecule has 0 saturated heterocycles. The zero-order valence-electron chi connectivity index (χ0n) is 18.2. The fraction of sp³-hybridized carbons (Fsp3) is 0.440. The molecule has 1 aromatic heterocycles. The van der Waals surface area contributed by atoms with E-state index < -0.39 is 0 Å². The highest BCUT2D eigenvalue weighted by atomic mass is 35.5. The van der Waals surface area contributed by atoms with Crippen molar-refractivity contribution in [3.8, 4) is 11.4 Å². The summed E-state index contributed by atoms with van der Waals surface area (Å²) < 4.78 is 8.50. The normalized spacial score (nSPS) is 21.4. The van der Waals surface area contributed by atoms with E-state index >= 15 is 0 Å². The van der Waals surface area contributed by atoms with Gasteiger partial charge in [-0.25, -0.2) is 0 Å². The lowest BCUT2D eigenvalue weighted by Gasteiger charge is -2.29. The SMILES string of the molecule is CC(C)N1Cc2cc(Cl)ccc2-n2c(nnc2C2CCC(Oc3ccccc3)CC2)C1. The van der Waals surface area contributed by atoms with Crippen LogP contribution in [0.15, 0.2) is 48.5 Å². The molecular formula is C25H29ClN4O. The van der Waals surface area contributed by atoms with Gasteiger partial charge in [-0.3, -0.25) is 9.47 Å². The number of rotatable bonds is 4. The van der Waals surface area contributed by atoms with Gasteiger partial charge in [-0.2, -0.15) is 0 Å². The van der Waals surface area contributed by atoms with E-state index in [0.717, 1.165) is 61.2 Å². The first-order valence-electron chi connectivity index (χ1n) is 11.3. The minimum absolute atomic E-state index is 0.271. The van der Waals surface area contributed by atoms with Gasteiger partial charge < -0.3 is 4.74 Å². The van der Waals surface area contributed by atoms with Crippen LogP contribution in [0.25, 0.3) is 5.69 Å². The Kier molecular flexibility index (Phi) is 5.72. The van der Waals surface area contributed by atoms with E-state index in [-0.39, 0.29) is 6.10 Å². The number of halogens is 1. The van der Waals surface area contributed by atoms with E-state index in [1.54, 1.807) is 0 Å². The average molecular weight is 437 g/mol. The third kappa shape index (κ3) is 4.21. The molecule has 5 nitrogen and oxygen atoms in total. The Morgan fingerprint density at radius 2 is 1.74 bits per heavy atom. The highest BCUT2D eigenvalue weighted by Gasteiger charge is 2.31. The van der Waals surface area contributed by atoms with Gasteiger partial charge in [0.15, 0.2) is 5.82 Å². The van der Waals surface area contributed by atoms with Crippen LogP contribution < -0.4 is 4.74 Å².